The Morgan fingerprint density at radius 2 is 2.14 bits per heavy atom. The Hall–Kier alpha value is -1.47. The Morgan fingerprint density at radius 1 is 1.48 bits per heavy atom. The van der Waals surface area contributed by atoms with Crippen LogP contribution in [0.2, 0.25) is 0 Å². The van der Waals surface area contributed by atoms with Gasteiger partial charge in [0, 0.05) is 11.6 Å². The molecule has 21 heavy (non-hydrogen) atoms. The van der Waals surface area contributed by atoms with Gasteiger partial charge in [-0.15, -0.1) is 0 Å². The zero-order chi connectivity index (χ0) is 15.6. The summed E-state index contributed by atoms with van der Waals surface area (Å²) >= 11 is 0. The van der Waals surface area contributed by atoms with Gasteiger partial charge in [-0.25, -0.2) is 17.9 Å². The Labute approximate surface area is 123 Å². The van der Waals surface area contributed by atoms with Gasteiger partial charge in [0.05, 0.1) is 0 Å². The molecule has 1 unspecified atom stereocenters. The van der Waals surface area contributed by atoms with Gasteiger partial charge < -0.3 is 5.32 Å². The van der Waals surface area contributed by atoms with Gasteiger partial charge in [-0.3, -0.25) is 4.79 Å². The number of hydrogen-bond donors (Lipinski definition) is 2. The first-order chi connectivity index (χ1) is 9.81. The number of sulfonamides is 1. The van der Waals surface area contributed by atoms with Crippen LogP contribution in [-0.4, -0.2) is 20.4 Å². The minimum absolute atomic E-state index is 0.0491. The zero-order valence-electron chi connectivity index (χ0n) is 11.8. The molecule has 1 aliphatic carbocycles. The molecule has 1 aliphatic rings. The van der Waals surface area contributed by atoms with Crippen molar-refractivity contribution >= 4 is 15.9 Å². The molecule has 1 saturated carbocycles. The maximum atomic E-state index is 13.4. The Bertz CT molecular complexity index is 642. The summed E-state index contributed by atoms with van der Waals surface area (Å²) in [5, 5.41) is 7.78. The summed E-state index contributed by atoms with van der Waals surface area (Å²) in [5.74, 6) is -0.699. The molecule has 0 aliphatic heterocycles. The van der Waals surface area contributed by atoms with Crippen molar-refractivity contribution in [3.63, 3.8) is 0 Å². The molecule has 0 spiro atoms. The molecular formula is C14H19FN2O3S. The van der Waals surface area contributed by atoms with Crippen LogP contribution >= 0.6 is 0 Å². The molecule has 7 heteroatoms. The molecular weight excluding hydrogens is 295 g/mol. The molecule has 5 nitrogen and oxygen atoms in total. The van der Waals surface area contributed by atoms with E-state index >= 15 is 0 Å². The highest BCUT2D eigenvalue weighted by Crippen LogP contribution is 2.34. The summed E-state index contributed by atoms with van der Waals surface area (Å²) in [6.07, 6.45) is 4.11. The van der Waals surface area contributed by atoms with Crippen LogP contribution in [0.15, 0.2) is 23.1 Å². The average molecular weight is 314 g/mol. The number of halogens is 1. The van der Waals surface area contributed by atoms with E-state index in [1.807, 2.05) is 6.92 Å². The van der Waals surface area contributed by atoms with Crippen LogP contribution in [-0.2, 0) is 10.0 Å². The summed E-state index contributed by atoms with van der Waals surface area (Å²) in [4.78, 5) is 11.5. The van der Waals surface area contributed by atoms with Gasteiger partial charge in [0.2, 0.25) is 10.0 Å². The van der Waals surface area contributed by atoms with E-state index in [2.05, 4.69) is 5.32 Å². The summed E-state index contributed by atoms with van der Waals surface area (Å²) in [7, 11) is -4.19. The van der Waals surface area contributed by atoms with Gasteiger partial charge in [0.1, 0.15) is 10.7 Å². The standard InChI is InChI=1S/C14H19FN2O3S/c1-2-11(7-9-3-4-9)17-14(18)10-5-6-12(15)13(8-10)21(16,19)20/h5-6,8-9,11H,2-4,7H2,1H3,(H,17,18)(H2,16,19,20). The molecule has 0 radical (unpaired) electrons. The summed E-state index contributed by atoms with van der Waals surface area (Å²) in [6.45, 7) is 1.98. The smallest absolute Gasteiger partial charge is 0.251 e. The van der Waals surface area contributed by atoms with Crippen molar-refractivity contribution in [1.82, 2.24) is 5.32 Å². The maximum absolute atomic E-state index is 13.4. The third-order valence-corrected chi connectivity index (χ3v) is 4.57. The molecule has 1 amide bonds. The second kappa shape index (κ2) is 6.11. The summed E-state index contributed by atoms with van der Waals surface area (Å²) in [5.41, 5.74) is 0.0923. The molecule has 0 bridgehead atoms. The number of rotatable bonds is 6. The Balaban J connectivity index is 2.15. The molecule has 2 rings (SSSR count). The van der Waals surface area contributed by atoms with Crippen LogP contribution in [0.25, 0.3) is 0 Å². The molecule has 116 valence electrons. The van der Waals surface area contributed by atoms with E-state index in [0.29, 0.717) is 5.92 Å². The maximum Gasteiger partial charge on any atom is 0.251 e. The number of benzene rings is 1. The lowest BCUT2D eigenvalue weighted by atomic mass is 10.1. The van der Waals surface area contributed by atoms with Crippen molar-refractivity contribution < 1.29 is 17.6 Å². The lowest BCUT2D eigenvalue weighted by Crippen LogP contribution is -2.35. The quantitative estimate of drug-likeness (QED) is 0.838. The van der Waals surface area contributed by atoms with Crippen molar-refractivity contribution in [2.24, 2.45) is 11.1 Å². The van der Waals surface area contributed by atoms with Crippen LogP contribution < -0.4 is 10.5 Å². The van der Waals surface area contributed by atoms with Crippen molar-refractivity contribution in [2.45, 2.75) is 43.5 Å². The van der Waals surface area contributed by atoms with Gasteiger partial charge >= 0.3 is 0 Å². The van der Waals surface area contributed by atoms with Crippen LogP contribution in [0, 0.1) is 11.7 Å². The van der Waals surface area contributed by atoms with E-state index in [1.165, 1.54) is 18.9 Å². The normalized spacial score (nSPS) is 16.5. The summed E-state index contributed by atoms with van der Waals surface area (Å²) in [6, 6.07) is 3.22. The Morgan fingerprint density at radius 3 is 2.67 bits per heavy atom. The zero-order valence-corrected chi connectivity index (χ0v) is 12.6. The number of nitrogens with one attached hydrogen (secondary N) is 1. The molecule has 1 fully saturated rings. The first-order valence-electron chi connectivity index (χ1n) is 6.94. The number of nitrogens with two attached hydrogens (primary N) is 1. The lowest BCUT2D eigenvalue weighted by Gasteiger charge is -2.17. The van der Waals surface area contributed by atoms with E-state index in [0.717, 1.165) is 25.0 Å². The highest BCUT2D eigenvalue weighted by molar-refractivity contribution is 7.89. The van der Waals surface area contributed by atoms with Crippen LogP contribution in [0.4, 0.5) is 4.39 Å². The number of carbonyl (C=O) groups excluding carboxylic acids is 1. The minimum atomic E-state index is -4.19. The second-order valence-electron chi connectivity index (χ2n) is 5.45. The van der Waals surface area contributed by atoms with E-state index in [9.17, 15) is 17.6 Å². The average Bonchev–Trinajstić information content (AvgIpc) is 3.20. The number of primary sulfonamides is 1. The van der Waals surface area contributed by atoms with E-state index in [-0.39, 0.29) is 11.6 Å². The highest BCUT2D eigenvalue weighted by atomic mass is 32.2. The van der Waals surface area contributed by atoms with Crippen molar-refractivity contribution in [2.75, 3.05) is 0 Å². The molecule has 0 aromatic heterocycles. The predicted octanol–water partition coefficient (Wildman–Crippen LogP) is 1.78. The SMILES string of the molecule is CCC(CC1CC1)NC(=O)c1ccc(F)c(S(N)(=O)=O)c1. The van der Waals surface area contributed by atoms with E-state index in [1.54, 1.807) is 0 Å². The van der Waals surface area contributed by atoms with Crippen molar-refractivity contribution in [1.29, 1.82) is 0 Å². The fourth-order valence-corrected chi connectivity index (χ4v) is 2.85. The first-order valence-corrected chi connectivity index (χ1v) is 8.49. The number of carbonyl (C=O) groups is 1. The van der Waals surface area contributed by atoms with Crippen LogP contribution in [0.3, 0.4) is 0 Å². The van der Waals surface area contributed by atoms with Crippen LogP contribution in [0.1, 0.15) is 43.0 Å². The number of hydrogen-bond acceptors (Lipinski definition) is 3. The molecule has 0 heterocycles. The summed E-state index contributed by atoms with van der Waals surface area (Å²) < 4.78 is 36.0. The topological polar surface area (TPSA) is 89.3 Å². The molecule has 0 saturated heterocycles. The molecule has 1 aromatic rings. The lowest BCUT2D eigenvalue weighted by molar-refractivity contribution is 0.0932. The third-order valence-electron chi connectivity index (χ3n) is 3.64. The van der Waals surface area contributed by atoms with Gasteiger partial charge in [0.25, 0.3) is 5.91 Å². The van der Waals surface area contributed by atoms with Crippen LogP contribution in [0.5, 0.6) is 0 Å². The van der Waals surface area contributed by atoms with E-state index in [4.69, 9.17) is 5.14 Å². The number of amides is 1. The predicted molar refractivity (Wildman–Crippen MR) is 76.7 cm³/mol. The van der Waals surface area contributed by atoms with E-state index < -0.39 is 26.6 Å². The van der Waals surface area contributed by atoms with Gasteiger partial charge in [-0.05, 0) is 37.0 Å². The first kappa shape index (κ1) is 15.9. The minimum Gasteiger partial charge on any atom is -0.349 e. The third kappa shape index (κ3) is 4.25. The second-order valence-corrected chi connectivity index (χ2v) is 6.98. The molecule has 3 N–H and O–H groups in total. The highest BCUT2D eigenvalue weighted by Gasteiger charge is 2.26. The largest absolute Gasteiger partial charge is 0.349 e. The van der Waals surface area contributed by atoms with Gasteiger partial charge in [-0.2, -0.15) is 0 Å². The van der Waals surface area contributed by atoms with Gasteiger partial charge in [-0.1, -0.05) is 19.8 Å². The fourth-order valence-electron chi connectivity index (χ4n) is 2.21. The molecule has 1 aromatic carbocycles. The Kier molecular flexibility index (Phi) is 4.63. The fraction of sp³-hybridized carbons (Fsp3) is 0.500. The van der Waals surface area contributed by atoms with Gasteiger partial charge in [0.15, 0.2) is 0 Å². The van der Waals surface area contributed by atoms with Crippen molar-refractivity contribution in [3.8, 4) is 0 Å². The molecule has 1 atom stereocenters. The van der Waals surface area contributed by atoms with Crippen molar-refractivity contribution in [3.05, 3.63) is 29.6 Å². The monoisotopic (exact) mass is 314 g/mol.